The molecule has 21 heavy (non-hydrogen) atoms. The Morgan fingerprint density at radius 3 is 2.71 bits per heavy atom. The maximum atomic E-state index is 5.09. The molecular formula is C15H23N5O. The molecule has 1 atom stereocenters. The van der Waals surface area contributed by atoms with Gasteiger partial charge in [0, 0.05) is 31.8 Å². The number of pyridine rings is 1. The Kier molecular flexibility index (Phi) is 5.68. The van der Waals surface area contributed by atoms with Crippen LogP contribution in [-0.4, -0.2) is 39.4 Å². The van der Waals surface area contributed by atoms with Crippen LogP contribution in [0.25, 0.3) is 0 Å². The molecule has 0 amide bonds. The number of aromatic nitrogens is 4. The van der Waals surface area contributed by atoms with Crippen LogP contribution in [0.5, 0.6) is 5.88 Å². The fourth-order valence-electron chi connectivity index (χ4n) is 2.23. The molecule has 0 spiro atoms. The Morgan fingerprint density at radius 2 is 2.14 bits per heavy atom. The van der Waals surface area contributed by atoms with E-state index in [0.29, 0.717) is 11.9 Å². The van der Waals surface area contributed by atoms with Gasteiger partial charge < -0.3 is 10.1 Å². The molecule has 2 aromatic rings. The number of nitrogens with zero attached hydrogens (tertiary/aromatic N) is 4. The minimum absolute atomic E-state index is 0.322. The van der Waals surface area contributed by atoms with Crippen molar-refractivity contribution in [3.8, 4) is 5.88 Å². The van der Waals surface area contributed by atoms with Gasteiger partial charge in [-0.3, -0.25) is 4.68 Å². The lowest BCUT2D eigenvalue weighted by molar-refractivity contribution is 0.397. The minimum atomic E-state index is 0.322. The molecule has 6 heteroatoms. The fraction of sp³-hybridized carbons (Fsp3) is 0.533. The van der Waals surface area contributed by atoms with Gasteiger partial charge in [0.2, 0.25) is 5.88 Å². The summed E-state index contributed by atoms with van der Waals surface area (Å²) in [5.74, 6) is 1.63. The van der Waals surface area contributed by atoms with Gasteiger partial charge in [0.15, 0.2) is 0 Å². The molecule has 2 aromatic heterocycles. The second-order valence-corrected chi connectivity index (χ2v) is 5.07. The zero-order valence-electron chi connectivity index (χ0n) is 12.9. The lowest BCUT2D eigenvalue weighted by Crippen LogP contribution is -2.34. The first kappa shape index (κ1) is 15.4. The molecule has 0 bridgehead atoms. The zero-order chi connectivity index (χ0) is 15.1. The van der Waals surface area contributed by atoms with E-state index in [9.17, 15) is 0 Å². The summed E-state index contributed by atoms with van der Waals surface area (Å²) in [5.41, 5.74) is 1.19. The van der Waals surface area contributed by atoms with Crippen molar-refractivity contribution < 1.29 is 4.74 Å². The van der Waals surface area contributed by atoms with Crippen molar-refractivity contribution in [3.05, 3.63) is 36.0 Å². The molecule has 2 rings (SSSR count). The summed E-state index contributed by atoms with van der Waals surface area (Å²) in [7, 11) is 3.55. The maximum absolute atomic E-state index is 5.09. The van der Waals surface area contributed by atoms with Crippen molar-refractivity contribution in [2.45, 2.75) is 32.2 Å². The Hall–Kier alpha value is -1.95. The Bertz CT molecular complexity index is 537. The van der Waals surface area contributed by atoms with Crippen LogP contribution in [0.15, 0.2) is 24.7 Å². The Labute approximate surface area is 125 Å². The molecule has 0 aliphatic heterocycles. The number of aryl methyl sites for hydroxylation is 1. The van der Waals surface area contributed by atoms with E-state index in [1.807, 2.05) is 24.0 Å². The van der Waals surface area contributed by atoms with Crippen molar-refractivity contribution in [3.63, 3.8) is 0 Å². The van der Waals surface area contributed by atoms with Gasteiger partial charge in [0.25, 0.3) is 0 Å². The first-order valence-corrected chi connectivity index (χ1v) is 7.28. The van der Waals surface area contributed by atoms with Crippen LogP contribution in [0.2, 0.25) is 0 Å². The van der Waals surface area contributed by atoms with E-state index >= 15 is 0 Å². The van der Waals surface area contributed by atoms with Crippen molar-refractivity contribution in [2.75, 3.05) is 13.7 Å². The third-order valence-electron chi connectivity index (χ3n) is 3.41. The van der Waals surface area contributed by atoms with Gasteiger partial charge in [0.05, 0.1) is 7.11 Å². The first-order chi connectivity index (χ1) is 10.2. The lowest BCUT2D eigenvalue weighted by atomic mass is 10.0. The Morgan fingerprint density at radius 1 is 1.29 bits per heavy atom. The van der Waals surface area contributed by atoms with Gasteiger partial charge >= 0.3 is 0 Å². The number of hydrogen-bond acceptors (Lipinski definition) is 5. The highest BCUT2D eigenvalue weighted by Crippen LogP contribution is 2.10. The van der Waals surface area contributed by atoms with Crippen LogP contribution in [0, 0.1) is 0 Å². The van der Waals surface area contributed by atoms with E-state index in [4.69, 9.17) is 4.74 Å². The summed E-state index contributed by atoms with van der Waals surface area (Å²) in [4.78, 5) is 8.57. The third-order valence-corrected chi connectivity index (χ3v) is 3.41. The largest absolute Gasteiger partial charge is 0.481 e. The molecule has 0 radical (unpaired) electrons. The second kappa shape index (κ2) is 7.73. The van der Waals surface area contributed by atoms with Gasteiger partial charge in [-0.1, -0.05) is 13.0 Å². The summed E-state index contributed by atoms with van der Waals surface area (Å²) < 4.78 is 6.92. The van der Waals surface area contributed by atoms with Crippen molar-refractivity contribution >= 4 is 0 Å². The van der Waals surface area contributed by atoms with E-state index in [0.717, 1.165) is 31.6 Å². The summed E-state index contributed by atoms with van der Waals surface area (Å²) in [5, 5.41) is 7.70. The monoisotopic (exact) mass is 289 g/mol. The van der Waals surface area contributed by atoms with E-state index in [1.165, 1.54) is 5.56 Å². The van der Waals surface area contributed by atoms with Crippen molar-refractivity contribution in [1.82, 2.24) is 25.1 Å². The van der Waals surface area contributed by atoms with Crippen LogP contribution >= 0.6 is 0 Å². The first-order valence-electron chi connectivity index (χ1n) is 7.28. The maximum Gasteiger partial charge on any atom is 0.212 e. The summed E-state index contributed by atoms with van der Waals surface area (Å²) >= 11 is 0. The smallest absolute Gasteiger partial charge is 0.212 e. The molecule has 0 saturated heterocycles. The van der Waals surface area contributed by atoms with Crippen molar-refractivity contribution in [1.29, 1.82) is 0 Å². The molecular weight excluding hydrogens is 266 g/mol. The molecule has 1 unspecified atom stereocenters. The van der Waals surface area contributed by atoms with Crippen LogP contribution in [-0.2, 0) is 19.9 Å². The number of rotatable bonds is 8. The molecule has 0 saturated carbocycles. The predicted octanol–water partition coefficient (Wildman–Crippen LogP) is 1.37. The lowest BCUT2D eigenvalue weighted by Gasteiger charge is -2.18. The number of nitrogens with one attached hydrogen (secondary N) is 1. The average Bonchev–Trinajstić information content (AvgIpc) is 2.91. The van der Waals surface area contributed by atoms with Gasteiger partial charge in [-0.15, -0.1) is 0 Å². The molecule has 2 heterocycles. The van der Waals surface area contributed by atoms with E-state index < -0.39 is 0 Å². The molecule has 0 aliphatic carbocycles. The van der Waals surface area contributed by atoms with Gasteiger partial charge in [-0.05, 0) is 24.9 Å². The highest BCUT2D eigenvalue weighted by molar-refractivity contribution is 5.19. The molecule has 114 valence electrons. The quantitative estimate of drug-likeness (QED) is 0.795. The van der Waals surface area contributed by atoms with E-state index in [1.54, 1.807) is 13.4 Å². The Balaban J connectivity index is 2.02. The summed E-state index contributed by atoms with van der Waals surface area (Å²) in [6.45, 7) is 3.16. The molecule has 1 N–H and O–H groups in total. The van der Waals surface area contributed by atoms with Crippen LogP contribution < -0.4 is 10.1 Å². The third kappa shape index (κ3) is 4.53. The fourth-order valence-corrected chi connectivity index (χ4v) is 2.23. The molecule has 0 fully saturated rings. The molecule has 0 aliphatic rings. The van der Waals surface area contributed by atoms with Gasteiger partial charge in [0.1, 0.15) is 12.2 Å². The number of ether oxygens (including phenoxy) is 1. The van der Waals surface area contributed by atoms with Crippen LogP contribution in [0.3, 0.4) is 0 Å². The minimum Gasteiger partial charge on any atom is -0.481 e. The SMILES string of the molecule is CCCNC(Cc1ccc(OC)nc1)Cc1ncnn1C. The number of hydrogen-bond donors (Lipinski definition) is 1. The van der Waals surface area contributed by atoms with Gasteiger partial charge in [-0.2, -0.15) is 5.10 Å². The highest BCUT2D eigenvalue weighted by atomic mass is 16.5. The standard InChI is InChI=1S/C15H23N5O/c1-4-7-16-13(9-14-18-11-19-20(14)2)8-12-5-6-15(21-3)17-10-12/h5-6,10-11,13,16H,4,7-9H2,1-3H3. The summed E-state index contributed by atoms with van der Waals surface area (Å²) in [6.07, 6.45) is 6.33. The molecule has 0 aromatic carbocycles. The van der Waals surface area contributed by atoms with E-state index in [2.05, 4.69) is 33.4 Å². The van der Waals surface area contributed by atoms with Crippen LogP contribution in [0.4, 0.5) is 0 Å². The second-order valence-electron chi connectivity index (χ2n) is 5.07. The summed E-state index contributed by atoms with van der Waals surface area (Å²) in [6, 6.07) is 4.28. The average molecular weight is 289 g/mol. The number of methoxy groups -OCH3 is 1. The molecule has 6 nitrogen and oxygen atoms in total. The van der Waals surface area contributed by atoms with Crippen LogP contribution in [0.1, 0.15) is 24.7 Å². The van der Waals surface area contributed by atoms with Crippen molar-refractivity contribution in [2.24, 2.45) is 7.05 Å². The van der Waals surface area contributed by atoms with E-state index in [-0.39, 0.29) is 0 Å². The van der Waals surface area contributed by atoms with Gasteiger partial charge in [-0.25, -0.2) is 9.97 Å². The topological polar surface area (TPSA) is 64.9 Å². The zero-order valence-corrected chi connectivity index (χ0v) is 12.9. The highest BCUT2D eigenvalue weighted by Gasteiger charge is 2.13. The predicted molar refractivity (Wildman–Crippen MR) is 81.3 cm³/mol. The normalized spacial score (nSPS) is 12.3.